The highest BCUT2D eigenvalue weighted by Gasteiger charge is 2.03. The van der Waals surface area contributed by atoms with Crippen molar-refractivity contribution in [2.24, 2.45) is 0 Å². The van der Waals surface area contributed by atoms with Gasteiger partial charge in [-0.1, -0.05) is 18.1 Å². The number of hydrogen-bond acceptors (Lipinski definition) is 3. The fraction of sp³-hybridized carbons (Fsp3) is 0.143. The molecule has 1 N–H and O–H groups in total. The van der Waals surface area contributed by atoms with E-state index in [1.165, 1.54) is 30.3 Å². The quantitative estimate of drug-likeness (QED) is 0.491. The van der Waals surface area contributed by atoms with Crippen LogP contribution in [0, 0.1) is 18.2 Å². The maximum atomic E-state index is 12.6. The highest BCUT2D eigenvalue weighted by atomic mass is 19.1. The molecule has 0 saturated carbocycles. The number of terminal acetylenes is 1. The van der Waals surface area contributed by atoms with Crippen LogP contribution in [0.3, 0.4) is 0 Å². The number of benzene rings is 1. The number of carbonyl (C=O) groups is 2. The van der Waals surface area contributed by atoms with Crippen LogP contribution < -0.4 is 5.32 Å². The number of nitrogens with one attached hydrogen (secondary N) is 1. The number of esters is 1. The Morgan fingerprint density at radius 3 is 2.68 bits per heavy atom. The molecule has 1 rings (SSSR count). The minimum absolute atomic E-state index is 0.0851. The molecule has 0 aliphatic rings. The third kappa shape index (κ3) is 6.03. The van der Waals surface area contributed by atoms with Gasteiger partial charge < -0.3 is 10.1 Å². The van der Waals surface area contributed by atoms with Gasteiger partial charge in [0.05, 0.1) is 6.54 Å². The van der Waals surface area contributed by atoms with E-state index in [4.69, 9.17) is 6.42 Å². The van der Waals surface area contributed by atoms with E-state index >= 15 is 0 Å². The van der Waals surface area contributed by atoms with Gasteiger partial charge in [0.1, 0.15) is 5.82 Å². The summed E-state index contributed by atoms with van der Waals surface area (Å²) in [5, 5.41) is 2.35. The lowest BCUT2D eigenvalue weighted by Gasteiger charge is -2.01. The lowest BCUT2D eigenvalue weighted by Crippen LogP contribution is -2.28. The molecular weight excluding hydrogens is 249 g/mol. The molecule has 19 heavy (non-hydrogen) atoms. The number of amides is 1. The molecule has 0 aliphatic carbocycles. The largest absolute Gasteiger partial charge is 0.452 e. The van der Waals surface area contributed by atoms with Crippen LogP contribution in [0.2, 0.25) is 0 Å². The first-order chi connectivity index (χ1) is 9.11. The van der Waals surface area contributed by atoms with Crippen molar-refractivity contribution < 1.29 is 18.7 Å². The van der Waals surface area contributed by atoms with Gasteiger partial charge in [-0.25, -0.2) is 9.18 Å². The average Bonchev–Trinajstić information content (AvgIpc) is 2.42. The van der Waals surface area contributed by atoms with Crippen LogP contribution in [0.4, 0.5) is 4.39 Å². The molecule has 0 saturated heterocycles. The van der Waals surface area contributed by atoms with Gasteiger partial charge >= 0.3 is 5.97 Å². The van der Waals surface area contributed by atoms with E-state index in [-0.39, 0.29) is 12.4 Å². The molecule has 0 fully saturated rings. The Bertz CT molecular complexity index is 514. The molecule has 1 aromatic rings. The van der Waals surface area contributed by atoms with Crippen LogP contribution in [0.5, 0.6) is 0 Å². The van der Waals surface area contributed by atoms with Gasteiger partial charge in [0.2, 0.25) is 0 Å². The van der Waals surface area contributed by atoms with Gasteiger partial charge in [0, 0.05) is 6.08 Å². The lowest BCUT2D eigenvalue weighted by atomic mass is 10.2. The monoisotopic (exact) mass is 261 g/mol. The van der Waals surface area contributed by atoms with E-state index in [0.717, 1.165) is 6.08 Å². The smallest absolute Gasteiger partial charge is 0.331 e. The summed E-state index contributed by atoms with van der Waals surface area (Å²) in [6, 6.07) is 5.58. The number of ether oxygens (including phenoxy) is 1. The summed E-state index contributed by atoms with van der Waals surface area (Å²) in [5.74, 6) is 0.726. The third-order valence-corrected chi connectivity index (χ3v) is 2.02. The van der Waals surface area contributed by atoms with E-state index in [9.17, 15) is 14.0 Å². The molecule has 1 amide bonds. The second kappa shape index (κ2) is 7.67. The van der Waals surface area contributed by atoms with Gasteiger partial charge in [-0.05, 0) is 23.8 Å². The Kier molecular flexibility index (Phi) is 5.83. The van der Waals surface area contributed by atoms with E-state index in [1.807, 2.05) is 0 Å². The molecule has 0 aliphatic heterocycles. The van der Waals surface area contributed by atoms with Crippen LogP contribution >= 0.6 is 0 Å². The zero-order chi connectivity index (χ0) is 14.1. The van der Waals surface area contributed by atoms with Gasteiger partial charge in [-0.2, -0.15) is 0 Å². The molecule has 0 radical (unpaired) electrons. The number of halogens is 1. The molecule has 0 atom stereocenters. The molecule has 0 bridgehead atoms. The predicted octanol–water partition coefficient (Wildman–Crippen LogP) is 1.13. The second-order valence-corrected chi connectivity index (χ2v) is 3.47. The van der Waals surface area contributed by atoms with Gasteiger partial charge in [-0.15, -0.1) is 6.42 Å². The molecule has 0 aromatic heterocycles. The summed E-state index contributed by atoms with van der Waals surface area (Å²) < 4.78 is 17.3. The van der Waals surface area contributed by atoms with Crippen molar-refractivity contribution in [3.8, 4) is 12.3 Å². The Balaban J connectivity index is 2.37. The maximum absolute atomic E-state index is 12.6. The van der Waals surface area contributed by atoms with Crippen molar-refractivity contribution in [2.75, 3.05) is 13.2 Å². The van der Waals surface area contributed by atoms with E-state index < -0.39 is 18.5 Å². The maximum Gasteiger partial charge on any atom is 0.331 e. The summed E-state index contributed by atoms with van der Waals surface area (Å²) >= 11 is 0. The van der Waals surface area contributed by atoms with Gasteiger partial charge in [0.25, 0.3) is 5.91 Å². The topological polar surface area (TPSA) is 55.4 Å². The minimum atomic E-state index is -0.666. The standard InChI is InChI=1S/C14H12FNO3/c1-2-9-16-13(17)10-19-14(18)8-5-11-3-6-12(15)7-4-11/h1,3-8H,9-10H2,(H,16,17)/b8-5+. The van der Waals surface area contributed by atoms with Crippen LogP contribution in [0.1, 0.15) is 5.56 Å². The second-order valence-electron chi connectivity index (χ2n) is 3.47. The van der Waals surface area contributed by atoms with Crippen molar-refractivity contribution in [1.29, 1.82) is 0 Å². The predicted molar refractivity (Wildman–Crippen MR) is 68.2 cm³/mol. The molecule has 0 unspecified atom stereocenters. The number of rotatable bonds is 5. The lowest BCUT2D eigenvalue weighted by molar-refractivity contribution is -0.143. The van der Waals surface area contributed by atoms with Crippen LogP contribution in [0.15, 0.2) is 30.3 Å². The SMILES string of the molecule is C#CCNC(=O)COC(=O)/C=C/c1ccc(F)cc1. The molecular formula is C14H12FNO3. The summed E-state index contributed by atoms with van der Waals surface area (Å²) in [4.78, 5) is 22.3. The van der Waals surface area contributed by atoms with Crippen molar-refractivity contribution in [1.82, 2.24) is 5.32 Å². The summed E-state index contributed by atoms with van der Waals surface area (Å²) in [6.07, 6.45) is 7.56. The summed E-state index contributed by atoms with van der Waals surface area (Å²) in [5.41, 5.74) is 0.648. The van der Waals surface area contributed by atoms with E-state index in [2.05, 4.69) is 16.0 Å². The Morgan fingerprint density at radius 2 is 2.05 bits per heavy atom. The van der Waals surface area contributed by atoms with Crippen molar-refractivity contribution in [2.45, 2.75) is 0 Å². The number of carbonyl (C=O) groups excluding carboxylic acids is 2. The van der Waals surface area contributed by atoms with Crippen molar-refractivity contribution in [3.05, 3.63) is 41.7 Å². The highest BCUT2D eigenvalue weighted by molar-refractivity contribution is 5.89. The molecule has 0 spiro atoms. The minimum Gasteiger partial charge on any atom is -0.452 e. The zero-order valence-electron chi connectivity index (χ0n) is 10.1. The fourth-order valence-electron chi connectivity index (χ4n) is 1.12. The highest BCUT2D eigenvalue weighted by Crippen LogP contribution is 2.04. The molecule has 0 heterocycles. The first kappa shape index (κ1) is 14.5. The molecule has 4 nitrogen and oxygen atoms in total. The Labute approximate surface area is 110 Å². The Morgan fingerprint density at radius 1 is 1.37 bits per heavy atom. The van der Waals surface area contributed by atoms with Gasteiger partial charge in [-0.3, -0.25) is 4.79 Å². The third-order valence-electron chi connectivity index (χ3n) is 2.02. The van der Waals surface area contributed by atoms with E-state index in [0.29, 0.717) is 5.56 Å². The normalized spacial score (nSPS) is 9.89. The molecule has 1 aromatic carbocycles. The Hall–Kier alpha value is -2.61. The average molecular weight is 261 g/mol. The van der Waals surface area contributed by atoms with E-state index in [1.54, 1.807) is 0 Å². The fourth-order valence-corrected chi connectivity index (χ4v) is 1.12. The van der Waals surface area contributed by atoms with Crippen molar-refractivity contribution in [3.63, 3.8) is 0 Å². The summed E-state index contributed by atoms with van der Waals surface area (Å²) in [6.45, 7) is -0.309. The van der Waals surface area contributed by atoms with Crippen LogP contribution in [0.25, 0.3) is 6.08 Å². The molecule has 5 heteroatoms. The number of hydrogen-bond donors (Lipinski definition) is 1. The van der Waals surface area contributed by atoms with Crippen molar-refractivity contribution >= 4 is 18.0 Å². The molecule has 98 valence electrons. The van der Waals surface area contributed by atoms with Crippen LogP contribution in [-0.4, -0.2) is 25.0 Å². The zero-order valence-corrected chi connectivity index (χ0v) is 10.1. The first-order valence-electron chi connectivity index (χ1n) is 5.42. The first-order valence-corrected chi connectivity index (χ1v) is 5.42. The van der Waals surface area contributed by atoms with Gasteiger partial charge in [0.15, 0.2) is 6.61 Å². The van der Waals surface area contributed by atoms with Crippen LogP contribution in [-0.2, 0) is 14.3 Å². The summed E-state index contributed by atoms with van der Waals surface area (Å²) in [7, 11) is 0.